The molecule has 2 aromatic rings. The Morgan fingerprint density at radius 3 is 1.31 bits per heavy atom. The molecule has 0 aromatic heterocycles. The molecule has 0 saturated carbocycles. The van der Waals surface area contributed by atoms with Crippen molar-refractivity contribution < 1.29 is 21.2 Å². The molecule has 0 aliphatic carbocycles. The smallest absolute Gasteiger partial charge is 0.211 e. The molecule has 192 valence electrons. The summed E-state index contributed by atoms with van der Waals surface area (Å²) in [4.78, 5) is 0. The van der Waals surface area contributed by atoms with E-state index in [1.807, 2.05) is 0 Å². The molecule has 0 radical (unpaired) electrons. The molecule has 35 heavy (non-hydrogen) atoms. The summed E-state index contributed by atoms with van der Waals surface area (Å²) in [6, 6.07) is 9.05. The van der Waals surface area contributed by atoms with Crippen molar-refractivity contribution in [3.8, 4) is 0 Å². The molecular weight excluding hydrogens is 471 g/mol. The molecule has 0 amide bonds. The van der Waals surface area contributed by atoms with Crippen LogP contribution in [-0.2, 0) is 16.5 Å². The minimum Gasteiger partial charge on any atom is -0.493 e. The average Bonchev–Trinajstić information content (AvgIpc) is 3.07. The van der Waals surface area contributed by atoms with Crippen LogP contribution in [0.4, 0.5) is 0 Å². The molecule has 0 bridgehead atoms. The Bertz CT molecular complexity index is 1100. The number of benzene rings is 2. The first kappa shape index (κ1) is 29.2. The zero-order valence-corrected chi connectivity index (χ0v) is 24.2. The molecular formula is C32H44N2Ni. The third-order valence-corrected chi connectivity index (χ3v) is 7.82. The summed E-state index contributed by atoms with van der Waals surface area (Å²) in [5.74, 6) is 0. The van der Waals surface area contributed by atoms with Crippen molar-refractivity contribution >= 4 is 11.4 Å². The first-order valence-electron chi connectivity index (χ1n) is 13.3. The van der Waals surface area contributed by atoms with Gasteiger partial charge in [-0.05, 0) is 125 Å². The van der Waals surface area contributed by atoms with Gasteiger partial charge in [0, 0.05) is 38.8 Å². The van der Waals surface area contributed by atoms with Crippen LogP contribution in [-0.4, -0.2) is 4.70 Å². The van der Waals surface area contributed by atoms with Crippen LogP contribution in [0.5, 0.6) is 0 Å². The molecule has 2 nitrogen and oxygen atoms in total. The number of unbranched alkanes of at least 4 members (excludes halogenated alkanes) is 4. The van der Waals surface area contributed by atoms with Crippen LogP contribution in [0, 0.1) is 41.5 Å². The zero-order valence-electron chi connectivity index (χ0n) is 23.2. The molecule has 2 aromatic carbocycles. The Morgan fingerprint density at radius 2 is 0.943 bits per heavy atom. The maximum atomic E-state index is 11.8. The number of nitrogens with zero attached hydrogens (tertiary/aromatic N) is 2. The molecule has 0 fully saturated rings. The number of hydrogen-bond acceptors (Lipinski definition) is 0. The predicted octanol–water partition coefficient (Wildman–Crippen LogP) is 9.87. The molecule has 0 atom stereocenters. The van der Waals surface area contributed by atoms with Gasteiger partial charge in [-0.3, -0.25) is 0 Å². The molecule has 1 aliphatic heterocycles. The summed E-state index contributed by atoms with van der Waals surface area (Å²) in [5.41, 5.74) is 26.6. The van der Waals surface area contributed by atoms with E-state index in [1.165, 1.54) is 74.9 Å². The molecule has 3 heteroatoms. The quantitative estimate of drug-likeness (QED) is 0.171. The number of rotatable bonds is 10. The van der Waals surface area contributed by atoms with Crippen LogP contribution in [0.15, 0.2) is 35.4 Å². The van der Waals surface area contributed by atoms with Crippen molar-refractivity contribution in [2.75, 3.05) is 0 Å². The summed E-state index contributed by atoms with van der Waals surface area (Å²) in [7, 11) is 0. The third kappa shape index (κ3) is 6.23. The number of aryl methyl sites for hydroxylation is 4. The molecule has 1 aliphatic rings. The van der Waals surface area contributed by atoms with E-state index in [2.05, 4.69) is 79.7 Å². The van der Waals surface area contributed by atoms with E-state index in [4.69, 9.17) is 0 Å². The second-order valence-electron chi connectivity index (χ2n) is 10.4. The second-order valence-corrected chi connectivity index (χ2v) is 10.4. The van der Waals surface area contributed by atoms with E-state index in [0.717, 1.165) is 48.2 Å². The van der Waals surface area contributed by atoms with Crippen LogP contribution in [0.25, 0.3) is 16.9 Å². The predicted molar refractivity (Wildman–Crippen MR) is 147 cm³/mol. The van der Waals surface area contributed by atoms with E-state index >= 15 is 0 Å². The minimum atomic E-state index is 0. The van der Waals surface area contributed by atoms with Crippen LogP contribution in [0.1, 0.15) is 110 Å². The van der Waals surface area contributed by atoms with Gasteiger partial charge >= 0.3 is 0 Å². The fourth-order valence-electron chi connectivity index (χ4n) is 5.21. The van der Waals surface area contributed by atoms with Gasteiger partial charge in [0.05, 0.1) is 0 Å². The molecule has 0 N–H and O–H groups in total. The Hall–Kier alpha value is -1.99. The van der Waals surface area contributed by atoms with Crippen LogP contribution >= 0.6 is 0 Å². The van der Waals surface area contributed by atoms with Gasteiger partial charge in [0.1, 0.15) is 0 Å². The first-order chi connectivity index (χ1) is 16.2. The van der Waals surface area contributed by atoms with E-state index < -0.39 is 0 Å². The molecule has 3 rings (SSSR count). The topological polar surface area (TPSA) is 25.3 Å². The fraction of sp³-hybridized carbons (Fsp3) is 0.500. The minimum absolute atomic E-state index is 0. The van der Waals surface area contributed by atoms with Gasteiger partial charge in [-0.2, -0.15) is 0 Å². The van der Waals surface area contributed by atoms with Gasteiger partial charge in [0.15, 0.2) is 0 Å². The van der Waals surface area contributed by atoms with Crippen molar-refractivity contribution in [3.63, 3.8) is 0 Å². The van der Waals surface area contributed by atoms with Crippen LogP contribution in [0.2, 0.25) is 0 Å². The van der Waals surface area contributed by atoms with E-state index in [9.17, 15) is 5.53 Å². The van der Waals surface area contributed by atoms with E-state index in [0.29, 0.717) is 0 Å². The largest absolute Gasteiger partial charge is 0.493 e. The number of hydrogen-bond donors (Lipinski definition) is 0. The van der Waals surface area contributed by atoms with Crippen LogP contribution in [0.3, 0.4) is 0 Å². The van der Waals surface area contributed by atoms with Crippen molar-refractivity contribution in [1.82, 2.24) is 0 Å². The normalized spacial score (nSPS) is 13.7. The van der Waals surface area contributed by atoms with Crippen molar-refractivity contribution in [2.24, 2.45) is 0 Å². The summed E-state index contributed by atoms with van der Waals surface area (Å²) < 4.78 is 1.53. The standard InChI is InChI=1S/C32H44N2.Ni/c1-9-11-13-14-16-30-29(15-12-10-2)31(27-17-21(3)25(7)22(4)18-27)34(33)32(30)28-19-23(5)26(8)24(6)20-28;/h17-20H,9-16H2,1-8H3;. The Balaban J connectivity index is 0.00000432. The van der Waals surface area contributed by atoms with Gasteiger partial charge in [0.25, 0.3) is 0 Å². The molecule has 0 saturated heterocycles. The van der Waals surface area contributed by atoms with Crippen molar-refractivity contribution in [2.45, 2.75) is 107 Å². The summed E-state index contributed by atoms with van der Waals surface area (Å²) in [6.45, 7) is 17.6. The van der Waals surface area contributed by atoms with E-state index in [-0.39, 0.29) is 16.5 Å². The maximum absolute atomic E-state index is 11.8. The average molecular weight is 515 g/mol. The molecule has 0 unspecified atom stereocenters. The Labute approximate surface area is 224 Å². The number of allylic oxidation sites excluding steroid dienone is 2. The summed E-state index contributed by atoms with van der Waals surface area (Å²) >= 11 is 0. The van der Waals surface area contributed by atoms with Gasteiger partial charge in [-0.25, -0.2) is 4.70 Å². The van der Waals surface area contributed by atoms with Gasteiger partial charge < -0.3 is 5.53 Å². The maximum Gasteiger partial charge on any atom is 0.211 e. The van der Waals surface area contributed by atoms with Crippen molar-refractivity contribution in [1.29, 1.82) is 0 Å². The van der Waals surface area contributed by atoms with Gasteiger partial charge in [0.2, 0.25) is 11.4 Å². The first-order valence-corrected chi connectivity index (χ1v) is 13.3. The summed E-state index contributed by atoms with van der Waals surface area (Å²) in [6.07, 6.45) is 9.22. The van der Waals surface area contributed by atoms with Crippen molar-refractivity contribution in [3.05, 3.63) is 85.5 Å². The second kappa shape index (κ2) is 12.8. The van der Waals surface area contributed by atoms with Gasteiger partial charge in [-0.1, -0.05) is 39.5 Å². The Morgan fingerprint density at radius 1 is 0.571 bits per heavy atom. The zero-order chi connectivity index (χ0) is 25.0. The fourth-order valence-corrected chi connectivity index (χ4v) is 5.21. The third-order valence-electron chi connectivity index (χ3n) is 7.82. The Kier molecular flexibility index (Phi) is 10.7. The van der Waals surface area contributed by atoms with E-state index in [1.54, 1.807) is 0 Å². The molecule has 1 heterocycles. The SMILES string of the molecule is CCCCCCC1=C(c2cc(C)c(C)c(C)c2)[N+](=[N-])C(c2cc(C)c(C)c(C)c2)=C1CCCC.[Ni]. The van der Waals surface area contributed by atoms with Gasteiger partial charge in [-0.15, -0.1) is 0 Å². The molecule has 0 spiro atoms. The summed E-state index contributed by atoms with van der Waals surface area (Å²) in [5, 5.41) is 0. The monoisotopic (exact) mass is 514 g/mol. The van der Waals surface area contributed by atoms with Crippen LogP contribution < -0.4 is 0 Å².